The maximum atomic E-state index is 14.3. The van der Waals surface area contributed by atoms with Crippen LogP contribution in [0.1, 0.15) is 17.3 Å². The second kappa shape index (κ2) is 8.20. The molecule has 2 aromatic carbocycles. The van der Waals surface area contributed by atoms with E-state index in [2.05, 4.69) is 0 Å². The molecule has 1 amide bonds. The zero-order valence-electron chi connectivity index (χ0n) is 15.7. The standard InChI is InChI=1S/C21H24FN3O2/c1-16(26)17-8-9-20(19(22)14-17)24-10-12-25(13-11-24)21(27)15-23(2)18-6-4-3-5-7-18/h3-9,14H,10-13,15H2,1-2H3. The van der Waals surface area contributed by atoms with Crippen LogP contribution in [-0.2, 0) is 4.79 Å². The van der Waals surface area contributed by atoms with Gasteiger partial charge in [0.05, 0.1) is 12.2 Å². The molecular formula is C21H24FN3O2. The number of para-hydroxylation sites is 1. The number of benzene rings is 2. The fourth-order valence-corrected chi connectivity index (χ4v) is 3.26. The number of anilines is 2. The van der Waals surface area contributed by atoms with Crippen molar-refractivity contribution >= 4 is 23.1 Å². The minimum Gasteiger partial charge on any atom is -0.366 e. The number of halogens is 1. The van der Waals surface area contributed by atoms with Gasteiger partial charge in [0.15, 0.2) is 5.78 Å². The van der Waals surface area contributed by atoms with Crippen LogP contribution in [0.3, 0.4) is 0 Å². The van der Waals surface area contributed by atoms with Gasteiger partial charge in [-0.3, -0.25) is 9.59 Å². The third-order valence-corrected chi connectivity index (χ3v) is 4.90. The van der Waals surface area contributed by atoms with Gasteiger partial charge in [0.1, 0.15) is 5.82 Å². The Kier molecular flexibility index (Phi) is 5.74. The summed E-state index contributed by atoms with van der Waals surface area (Å²) in [5, 5.41) is 0. The molecule has 0 spiro atoms. The topological polar surface area (TPSA) is 43.9 Å². The highest BCUT2D eigenvalue weighted by atomic mass is 19.1. The minimum absolute atomic E-state index is 0.0633. The number of hydrogen-bond acceptors (Lipinski definition) is 4. The second-order valence-corrected chi connectivity index (χ2v) is 6.78. The van der Waals surface area contributed by atoms with Crippen molar-refractivity contribution < 1.29 is 14.0 Å². The predicted octanol–water partition coefficient (Wildman–Crippen LogP) is 2.81. The molecule has 3 rings (SSSR count). The molecular weight excluding hydrogens is 345 g/mol. The molecule has 1 aliphatic rings. The van der Waals surface area contributed by atoms with Gasteiger partial charge in [-0.05, 0) is 37.3 Å². The average molecular weight is 369 g/mol. The van der Waals surface area contributed by atoms with Gasteiger partial charge in [0, 0.05) is 44.5 Å². The van der Waals surface area contributed by atoms with E-state index in [1.165, 1.54) is 13.0 Å². The van der Waals surface area contributed by atoms with E-state index in [1.807, 2.05) is 52.1 Å². The van der Waals surface area contributed by atoms with Gasteiger partial charge < -0.3 is 14.7 Å². The molecule has 0 N–H and O–H groups in total. The van der Waals surface area contributed by atoms with E-state index in [0.717, 1.165) is 5.69 Å². The number of amides is 1. The quantitative estimate of drug-likeness (QED) is 0.761. The first kappa shape index (κ1) is 18.9. The molecule has 6 heteroatoms. The van der Waals surface area contributed by atoms with Gasteiger partial charge in [-0.15, -0.1) is 0 Å². The van der Waals surface area contributed by atoms with Crippen LogP contribution in [0.25, 0.3) is 0 Å². The number of nitrogens with zero attached hydrogens (tertiary/aromatic N) is 3. The van der Waals surface area contributed by atoms with Crippen LogP contribution in [0.4, 0.5) is 15.8 Å². The highest BCUT2D eigenvalue weighted by Crippen LogP contribution is 2.22. The van der Waals surface area contributed by atoms with E-state index in [-0.39, 0.29) is 11.7 Å². The molecule has 0 saturated carbocycles. The molecule has 0 aliphatic carbocycles. The molecule has 5 nitrogen and oxygen atoms in total. The Morgan fingerprint density at radius 3 is 2.30 bits per heavy atom. The fourth-order valence-electron chi connectivity index (χ4n) is 3.26. The highest BCUT2D eigenvalue weighted by molar-refractivity contribution is 5.94. The summed E-state index contributed by atoms with van der Waals surface area (Å²) < 4.78 is 14.3. The molecule has 27 heavy (non-hydrogen) atoms. The fraction of sp³-hybridized carbons (Fsp3) is 0.333. The number of carbonyl (C=O) groups is 2. The maximum Gasteiger partial charge on any atom is 0.242 e. The Balaban J connectivity index is 1.57. The van der Waals surface area contributed by atoms with Gasteiger partial charge in [-0.1, -0.05) is 18.2 Å². The van der Waals surface area contributed by atoms with Crippen LogP contribution >= 0.6 is 0 Å². The summed E-state index contributed by atoms with van der Waals surface area (Å²) in [6.45, 7) is 3.97. The van der Waals surface area contributed by atoms with Crippen molar-refractivity contribution in [3.63, 3.8) is 0 Å². The van der Waals surface area contributed by atoms with Crippen LogP contribution in [0.5, 0.6) is 0 Å². The summed E-state index contributed by atoms with van der Waals surface area (Å²) >= 11 is 0. The van der Waals surface area contributed by atoms with Crippen molar-refractivity contribution in [2.24, 2.45) is 0 Å². The van der Waals surface area contributed by atoms with E-state index in [4.69, 9.17) is 0 Å². The Bertz CT molecular complexity index is 817. The van der Waals surface area contributed by atoms with Crippen molar-refractivity contribution in [1.82, 2.24) is 4.90 Å². The number of hydrogen-bond donors (Lipinski definition) is 0. The van der Waals surface area contributed by atoms with Gasteiger partial charge in [-0.2, -0.15) is 0 Å². The normalized spacial score (nSPS) is 14.2. The van der Waals surface area contributed by atoms with Crippen molar-refractivity contribution in [2.75, 3.05) is 49.6 Å². The molecule has 0 unspecified atom stereocenters. The first-order chi connectivity index (χ1) is 13.0. The van der Waals surface area contributed by atoms with E-state index < -0.39 is 5.82 Å². The summed E-state index contributed by atoms with van der Waals surface area (Å²) in [5.74, 6) is -0.488. The monoisotopic (exact) mass is 369 g/mol. The Labute approximate surface area is 159 Å². The molecule has 1 heterocycles. The summed E-state index contributed by atoms with van der Waals surface area (Å²) in [6, 6.07) is 14.4. The summed E-state index contributed by atoms with van der Waals surface area (Å²) in [4.78, 5) is 29.6. The lowest BCUT2D eigenvalue weighted by atomic mass is 10.1. The van der Waals surface area contributed by atoms with Crippen LogP contribution in [0.15, 0.2) is 48.5 Å². The Hall–Kier alpha value is -2.89. The van der Waals surface area contributed by atoms with Crippen LogP contribution < -0.4 is 9.80 Å². The minimum atomic E-state index is -0.397. The SMILES string of the molecule is CC(=O)c1ccc(N2CCN(C(=O)CN(C)c3ccccc3)CC2)c(F)c1. The molecule has 1 fully saturated rings. The lowest BCUT2D eigenvalue weighted by Gasteiger charge is -2.37. The van der Waals surface area contributed by atoms with Crippen molar-refractivity contribution in [1.29, 1.82) is 0 Å². The first-order valence-corrected chi connectivity index (χ1v) is 9.05. The smallest absolute Gasteiger partial charge is 0.242 e. The molecule has 0 radical (unpaired) electrons. The third kappa shape index (κ3) is 4.45. The van der Waals surface area contributed by atoms with Crippen molar-refractivity contribution in [2.45, 2.75) is 6.92 Å². The summed E-state index contributed by atoms with van der Waals surface area (Å²) in [6.07, 6.45) is 0. The van der Waals surface area contributed by atoms with Crippen LogP contribution in [0.2, 0.25) is 0 Å². The number of Topliss-reactive ketones (excluding diaryl/α,β-unsaturated/α-hetero) is 1. The molecule has 0 aromatic heterocycles. The molecule has 0 atom stereocenters. The maximum absolute atomic E-state index is 14.3. The predicted molar refractivity (Wildman–Crippen MR) is 105 cm³/mol. The van der Waals surface area contributed by atoms with E-state index in [9.17, 15) is 14.0 Å². The highest BCUT2D eigenvalue weighted by Gasteiger charge is 2.23. The zero-order chi connectivity index (χ0) is 19.4. The summed E-state index contributed by atoms with van der Waals surface area (Å²) in [7, 11) is 1.90. The number of likely N-dealkylation sites (N-methyl/N-ethyl adjacent to an activating group) is 1. The van der Waals surface area contributed by atoms with Crippen LogP contribution in [0, 0.1) is 5.82 Å². The lowest BCUT2D eigenvalue weighted by Crippen LogP contribution is -2.51. The van der Waals surface area contributed by atoms with Crippen molar-refractivity contribution in [3.05, 3.63) is 59.9 Å². The molecule has 1 aliphatic heterocycles. The van der Waals surface area contributed by atoms with Gasteiger partial charge in [-0.25, -0.2) is 4.39 Å². The first-order valence-electron chi connectivity index (χ1n) is 9.05. The molecule has 2 aromatic rings. The molecule has 1 saturated heterocycles. The Morgan fingerprint density at radius 2 is 1.70 bits per heavy atom. The Morgan fingerprint density at radius 1 is 1.04 bits per heavy atom. The number of piperazine rings is 1. The van der Waals surface area contributed by atoms with E-state index in [1.54, 1.807) is 12.1 Å². The van der Waals surface area contributed by atoms with Crippen LogP contribution in [-0.4, -0.2) is 56.4 Å². The molecule has 0 bridgehead atoms. The van der Waals surface area contributed by atoms with Gasteiger partial charge in [0.25, 0.3) is 0 Å². The van der Waals surface area contributed by atoms with E-state index >= 15 is 0 Å². The number of rotatable bonds is 5. The summed E-state index contributed by atoms with van der Waals surface area (Å²) in [5.41, 5.74) is 1.85. The van der Waals surface area contributed by atoms with Crippen molar-refractivity contribution in [3.8, 4) is 0 Å². The van der Waals surface area contributed by atoms with Gasteiger partial charge in [0.2, 0.25) is 5.91 Å². The lowest BCUT2D eigenvalue weighted by molar-refractivity contribution is -0.129. The zero-order valence-corrected chi connectivity index (χ0v) is 15.7. The van der Waals surface area contributed by atoms with Gasteiger partial charge >= 0.3 is 0 Å². The van der Waals surface area contributed by atoms with E-state index in [0.29, 0.717) is 44.0 Å². The largest absolute Gasteiger partial charge is 0.366 e. The average Bonchev–Trinajstić information content (AvgIpc) is 2.68. The second-order valence-electron chi connectivity index (χ2n) is 6.78. The number of ketones is 1. The number of carbonyl (C=O) groups excluding carboxylic acids is 2. The third-order valence-electron chi connectivity index (χ3n) is 4.90. The molecule has 142 valence electrons.